The number of carbonyl (C=O) groups excluding carboxylic acids is 1. The molecule has 0 fully saturated rings. The molecule has 0 aliphatic heterocycles. The van der Waals surface area contributed by atoms with E-state index in [2.05, 4.69) is 31.3 Å². The number of phosphoric acid groups is 1. The normalized spacial score (nSPS) is 15.1. The molecule has 10 heteroatoms. The largest absolute Gasteiger partial charge is 0.472 e. The predicted octanol–water partition coefficient (Wildman–Crippen LogP) is 9.97. The van der Waals surface area contributed by atoms with Crippen LogP contribution in [0, 0.1) is 0 Å². The van der Waals surface area contributed by atoms with Crippen molar-refractivity contribution < 1.29 is 33.5 Å². The first-order valence-corrected chi connectivity index (χ1v) is 22.0. The number of nitrogens with two attached hydrogens (primary N) is 1. The van der Waals surface area contributed by atoms with Gasteiger partial charge in [-0.1, -0.05) is 160 Å². The van der Waals surface area contributed by atoms with Crippen LogP contribution in [0.1, 0.15) is 187 Å². The summed E-state index contributed by atoms with van der Waals surface area (Å²) >= 11 is 0. The number of rotatable bonds is 38. The van der Waals surface area contributed by atoms with Crippen LogP contribution in [-0.2, 0) is 18.4 Å². The van der Waals surface area contributed by atoms with Gasteiger partial charge in [0.15, 0.2) is 0 Å². The van der Waals surface area contributed by atoms with Gasteiger partial charge in [-0.2, -0.15) is 0 Å². The van der Waals surface area contributed by atoms with Crippen molar-refractivity contribution in [2.75, 3.05) is 19.8 Å². The van der Waals surface area contributed by atoms with Crippen molar-refractivity contribution in [2.45, 2.75) is 205 Å². The second kappa shape index (κ2) is 36.3. The first-order valence-electron chi connectivity index (χ1n) is 20.5. The molecule has 4 unspecified atom stereocenters. The first kappa shape index (κ1) is 48.9. The SMILES string of the molecule is CCCCCCCCC/C=C/C(O)C(COP(=O)(O)OCCN)NC(=O)CC(O)CCCCCCC/C=C\CCCCCCCCCCCC. The molecule has 4 atom stereocenters. The zero-order chi connectivity index (χ0) is 37.0. The molecule has 0 heterocycles. The van der Waals surface area contributed by atoms with E-state index in [1.165, 1.54) is 109 Å². The van der Waals surface area contributed by atoms with Crippen LogP contribution in [-0.4, -0.2) is 59.0 Å². The second-order valence-corrected chi connectivity index (χ2v) is 15.5. The highest BCUT2D eigenvalue weighted by Crippen LogP contribution is 2.43. The van der Waals surface area contributed by atoms with Crippen LogP contribution < -0.4 is 11.1 Å². The van der Waals surface area contributed by atoms with Crippen LogP contribution in [0.2, 0.25) is 0 Å². The summed E-state index contributed by atoms with van der Waals surface area (Å²) < 4.78 is 22.0. The zero-order valence-electron chi connectivity index (χ0n) is 32.3. The van der Waals surface area contributed by atoms with Gasteiger partial charge in [-0.05, 0) is 44.9 Å². The monoisotopic (exact) mass is 731 g/mol. The summed E-state index contributed by atoms with van der Waals surface area (Å²) in [5.74, 6) is -0.453. The van der Waals surface area contributed by atoms with Crippen LogP contribution in [0.5, 0.6) is 0 Å². The van der Waals surface area contributed by atoms with Gasteiger partial charge in [0.1, 0.15) is 0 Å². The minimum absolute atomic E-state index is 0.0484. The number of amides is 1. The van der Waals surface area contributed by atoms with Gasteiger partial charge < -0.3 is 26.2 Å². The molecule has 0 aromatic heterocycles. The van der Waals surface area contributed by atoms with Gasteiger partial charge in [-0.25, -0.2) is 4.57 Å². The van der Waals surface area contributed by atoms with Gasteiger partial charge in [0.25, 0.3) is 0 Å². The molecule has 0 aliphatic carbocycles. The van der Waals surface area contributed by atoms with Gasteiger partial charge in [0, 0.05) is 6.54 Å². The van der Waals surface area contributed by atoms with Gasteiger partial charge in [-0.3, -0.25) is 13.8 Å². The number of aliphatic hydroxyl groups excluding tert-OH is 2. The van der Waals surface area contributed by atoms with E-state index in [0.29, 0.717) is 6.42 Å². The summed E-state index contributed by atoms with van der Waals surface area (Å²) in [6.45, 7) is 3.93. The molecule has 0 saturated heterocycles. The van der Waals surface area contributed by atoms with E-state index in [1.807, 2.05) is 6.08 Å². The Morgan fingerprint density at radius 2 is 1.12 bits per heavy atom. The molecule has 0 radical (unpaired) electrons. The van der Waals surface area contributed by atoms with Gasteiger partial charge in [0.2, 0.25) is 5.91 Å². The summed E-state index contributed by atoms with van der Waals surface area (Å²) in [6, 6.07) is -0.981. The minimum atomic E-state index is -4.39. The number of phosphoric ester groups is 1. The fourth-order valence-electron chi connectivity index (χ4n) is 5.93. The Bertz CT molecular complexity index is 858. The van der Waals surface area contributed by atoms with Crippen molar-refractivity contribution >= 4 is 13.7 Å². The Morgan fingerprint density at radius 3 is 1.60 bits per heavy atom. The van der Waals surface area contributed by atoms with Crippen molar-refractivity contribution in [3.63, 3.8) is 0 Å². The number of allylic oxidation sites excluding steroid dienone is 3. The summed E-state index contributed by atoms with van der Waals surface area (Å²) in [5.41, 5.74) is 5.34. The molecule has 0 aliphatic rings. The van der Waals surface area contributed by atoms with E-state index in [4.69, 9.17) is 14.8 Å². The topological polar surface area (TPSA) is 151 Å². The Morgan fingerprint density at radius 1 is 0.680 bits per heavy atom. The van der Waals surface area contributed by atoms with Crippen molar-refractivity contribution in [2.24, 2.45) is 5.73 Å². The minimum Gasteiger partial charge on any atom is -0.393 e. The van der Waals surface area contributed by atoms with Crippen LogP contribution in [0.25, 0.3) is 0 Å². The number of aliphatic hydroxyl groups is 2. The third kappa shape index (κ3) is 34.0. The molecule has 0 bridgehead atoms. The molecular formula is C40H79N2O7P. The van der Waals surface area contributed by atoms with Crippen LogP contribution >= 0.6 is 7.82 Å². The molecular weight excluding hydrogens is 651 g/mol. The van der Waals surface area contributed by atoms with E-state index in [0.717, 1.165) is 51.4 Å². The molecule has 9 nitrogen and oxygen atoms in total. The zero-order valence-corrected chi connectivity index (χ0v) is 33.1. The third-order valence-corrected chi connectivity index (χ3v) is 10.1. The summed E-state index contributed by atoms with van der Waals surface area (Å²) in [7, 11) is -4.39. The smallest absolute Gasteiger partial charge is 0.393 e. The van der Waals surface area contributed by atoms with E-state index in [9.17, 15) is 24.5 Å². The van der Waals surface area contributed by atoms with Crippen molar-refractivity contribution in [3.8, 4) is 0 Å². The Kier molecular flexibility index (Phi) is 35.5. The van der Waals surface area contributed by atoms with Crippen molar-refractivity contribution in [1.82, 2.24) is 5.32 Å². The van der Waals surface area contributed by atoms with E-state index >= 15 is 0 Å². The fourth-order valence-corrected chi connectivity index (χ4v) is 6.69. The lowest BCUT2D eigenvalue weighted by molar-refractivity contribution is -0.124. The molecule has 1 amide bonds. The third-order valence-electron chi connectivity index (χ3n) is 9.08. The highest BCUT2D eigenvalue weighted by molar-refractivity contribution is 7.47. The van der Waals surface area contributed by atoms with E-state index in [1.54, 1.807) is 6.08 Å². The number of unbranched alkanes of at least 4 members (excludes halogenated alkanes) is 22. The first-order chi connectivity index (χ1) is 24.3. The number of hydrogen-bond acceptors (Lipinski definition) is 7. The number of nitrogens with one attached hydrogen (secondary N) is 1. The standard InChI is InChI=1S/C40H79N2O7P/c1-3-5-7-9-11-13-14-15-16-17-18-19-20-21-22-24-25-27-29-31-37(43)35-40(45)42-38(36-49-50(46,47)48-34-33-41)39(44)32-30-28-26-23-12-10-8-6-4-2/h19-20,30,32,37-39,43-44H,3-18,21-29,31,33-36,41H2,1-2H3,(H,42,45)(H,46,47)/b20-19-,32-30+. The molecule has 296 valence electrons. The molecule has 50 heavy (non-hydrogen) atoms. The summed E-state index contributed by atoms with van der Waals surface area (Å²) in [4.78, 5) is 22.6. The quantitative estimate of drug-likeness (QED) is 0.0239. The van der Waals surface area contributed by atoms with Crippen LogP contribution in [0.3, 0.4) is 0 Å². The van der Waals surface area contributed by atoms with Gasteiger partial charge in [0.05, 0.1) is 37.9 Å². The second-order valence-electron chi connectivity index (χ2n) is 14.0. The lowest BCUT2D eigenvalue weighted by atomic mass is 10.0. The van der Waals surface area contributed by atoms with Gasteiger partial charge in [-0.15, -0.1) is 0 Å². The fraction of sp³-hybridized carbons (Fsp3) is 0.875. The van der Waals surface area contributed by atoms with Crippen LogP contribution in [0.4, 0.5) is 0 Å². The average molecular weight is 731 g/mol. The van der Waals surface area contributed by atoms with E-state index < -0.39 is 38.6 Å². The predicted molar refractivity (Wildman–Crippen MR) is 209 cm³/mol. The summed E-state index contributed by atoms with van der Waals surface area (Å²) in [6.07, 6.45) is 37.0. The summed E-state index contributed by atoms with van der Waals surface area (Å²) in [5, 5.41) is 23.9. The highest BCUT2D eigenvalue weighted by Gasteiger charge is 2.27. The lowest BCUT2D eigenvalue weighted by Crippen LogP contribution is -2.46. The maximum atomic E-state index is 12.7. The highest BCUT2D eigenvalue weighted by atomic mass is 31.2. The average Bonchev–Trinajstić information content (AvgIpc) is 3.09. The Balaban J connectivity index is 4.24. The Hall–Kier alpha value is -1.06. The lowest BCUT2D eigenvalue weighted by Gasteiger charge is -2.24. The van der Waals surface area contributed by atoms with Crippen molar-refractivity contribution in [1.29, 1.82) is 0 Å². The van der Waals surface area contributed by atoms with Crippen LogP contribution in [0.15, 0.2) is 24.3 Å². The maximum Gasteiger partial charge on any atom is 0.472 e. The molecule has 6 N–H and O–H groups in total. The maximum absolute atomic E-state index is 12.7. The Labute approximate surface area is 307 Å². The molecule has 0 spiro atoms. The number of carbonyl (C=O) groups is 1. The molecule has 0 aromatic carbocycles. The van der Waals surface area contributed by atoms with E-state index in [-0.39, 0.29) is 19.6 Å². The van der Waals surface area contributed by atoms with Crippen molar-refractivity contribution in [3.05, 3.63) is 24.3 Å². The molecule has 0 aromatic rings. The molecule has 0 rings (SSSR count). The van der Waals surface area contributed by atoms with Gasteiger partial charge >= 0.3 is 7.82 Å². The molecule has 0 saturated carbocycles. The number of hydrogen-bond donors (Lipinski definition) is 5.